The fourth-order valence-corrected chi connectivity index (χ4v) is 5.47. The largest absolute Gasteiger partial charge is 0.395 e. The Balaban J connectivity index is 1.77. The van der Waals surface area contributed by atoms with Crippen molar-refractivity contribution in [1.82, 2.24) is 0 Å². The van der Waals surface area contributed by atoms with Crippen molar-refractivity contribution in [3.63, 3.8) is 0 Å². The fourth-order valence-electron chi connectivity index (χ4n) is 5.47. The molecule has 0 spiro atoms. The topological polar surface area (TPSA) is 133 Å². The van der Waals surface area contributed by atoms with Gasteiger partial charge in [-0.2, -0.15) is 4.58 Å². The van der Waals surface area contributed by atoms with Crippen molar-refractivity contribution in [1.29, 1.82) is 0 Å². The molecule has 2 N–H and O–H groups in total. The molecular formula is C27H31N4O6+. The first kappa shape index (κ1) is 26.2. The van der Waals surface area contributed by atoms with Gasteiger partial charge in [-0.05, 0) is 31.6 Å². The van der Waals surface area contributed by atoms with Crippen LogP contribution in [-0.2, 0) is 10.8 Å². The smallest absolute Gasteiger partial charge is 0.270 e. The maximum atomic E-state index is 11.4. The van der Waals surface area contributed by atoms with E-state index in [4.69, 9.17) is 0 Å². The van der Waals surface area contributed by atoms with Crippen LogP contribution in [0.1, 0.15) is 38.8 Å². The molecular weight excluding hydrogens is 476 g/mol. The third-order valence-corrected chi connectivity index (χ3v) is 7.33. The van der Waals surface area contributed by atoms with Crippen molar-refractivity contribution in [2.24, 2.45) is 0 Å². The lowest BCUT2D eigenvalue weighted by Crippen LogP contribution is -2.29. The fraction of sp³-hybridized carbons (Fsp3) is 0.370. The Labute approximate surface area is 214 Å². The van der Waals surface area contributed by atoms with Gasteiger partial charge in [0.2, 0.25) is 5.69 Å². The number of rotatable bonds is 8. The molecule has 0 radical (unpaired) electrons. The molecule has 37 heavy (non-hydrogen) atoms. The van der Waals surface area contributed by atoms with E-state index in [1.807, 2.05) is 55.4 Å². The van der Waals surface area contributed by atoms with Gasteiger partial charge in [-0.25, -0.2) is 0 Å². The Kier molecular flexibility index (Phi) is 6.74. The maximum Gasteiger partial charge on any atom is 0.270 e. The first-order valence-corrected chi connectivity index (χ1v) is 12.1. The number of nitrogens with zero attached hydrogens (tertiary/aromatic N) is 4. The number of hydrogen-bond donors (Lipinski definition) is 2. The summed E-state index contributed by atoms with van der Waals surface area (Å²) >= 11 is 0. The van der Waals surface area contributed by atoms with Crippen LogP contribution in [0.3, 0.4) is 0 Å². The predicted octanol–water partition coefficient (Wildman–Crippen LogP) is 4.10. The molecule has 0 fully saturated rings. The van der Waals surface area contributed by atoms with Gasteiger partial charge in [0, 0.05) is 65.3 Å². The number of aliphatic hydroxyl groups excluding tert-OH is 2. The second-order valence-corrected chi connectivity index (χ2v) is 10.2. The van der Waals surface area contributed by atoms with Crippen molar-refractivity contribution >= 4 is 28.5 Å². The molecule has 194 valence electrons. The zero-order valence-electron chi connectivity index (χ0n) is 21.3. The van der Waals surface area contributed by atoms with Crippen molar-refractivity contribution in [2.75, 3.05) is 31.2 Å². The van der Waals surface area contributed by atoms with Crippen LogP contribution >= 0.6 is 0 Å². The molecule has 2 aliphatic heterocycles. The average Bonchev–Trinajstić information content (AvgIpc) is 3.18. The highest BCUT2D eigenvalue weighted by Crippen LogP contribution is 2.49. The number of β-amino-alcohol motifs (C(OH)–C–C–N with tert-alkyl or cyclic N) is 2. The van der Waals surface area contributed by atoms with Gasteiger partial charge in [0.25, 0.3) is 11.4 Å². The first-order valence-electron chi connectivity index (χ1n) is 12.1. The lowest BCUT2D eigenvalue weighted by Gasteiger charge is -2.26. The van der Waals surface area contributed by atoms with E-state index in [0.29, 0.717) is 13.1 Å². The van der Waals surface area contributed by atoms with Gasteiger partial charge < -0.3 is 15.1 Å². The molecule has 0 aliphatic carbocycles. The summed E-state index contributed by atoms with van der Waals surface area (Å²) in [5.41, 5.74) is 3.95. The molecule has 0 saturated heterocycles. The molecule has 2 heterocycles. The van der Waals surface area contributed by atoms with Crippen LogP contribution in [0.2, 0.25) is 0 Å². The minimum Gasteiger partial charge on any atom is -0.395 e. The zero-order chi connectivity index (χ0) is 27.1. The number of aliphatic hydroxyl groups is 2. The molecule has 0 bridgehead atoms. The monoisotopic (exact) mass is 507 g/mol. The summed E-state index contributed by atoms with van der Waals surface area (Å²) in [5, 5.41) is 42.2. The number of anilines is 1. The Bertz CT molecular complexity index is 1370. The van der Waals surface area contributed by atoms with Crippen molar-refractivity contribution in [2.45, 2.75) is 38.5 Å². The van der Waals surface area contributed by atoms with Crippen LogP contribution in [-0.4, -0.2) is 56.7 Å². The molecule has 2 aliphatic rings. The van der Waals surface area contributed by atoms with Crippen molar-refractivity contribution in [3.8, 4) is 0 Å². The molecule has 0 atom stereocenters. The molecule has 4 rings (SSSR count). The number of allylic oxidation sites excluding steroid dienone is 4. The molecule has 10 nitrogen and oxygen atoms in total. The molecule has 0 unspecified atom stereocenters. The minimum absolute atomic E-state index is 0.0160. The quantitative estimate of drug-likeness (QED) is 0.312. The Morgan fingerprint density at radius 2 is 1.54 bits per heavy atom. The molecule has 0 amide bonds. The molecule has 2 aromatic carbocycles. The second-order valence-electron chi connectivity index (χ2n) is 10.2. The van der Waals surface area contributed by atoms with Gasteiger partial charge in [0.1, 0.15) is 6.61 Å². The van der Waals surface area contributed by atoms with Gasteiger partial charge in [-0.15, -0.1) is 0 Å². The van der Waals surface area contributed by atoms with Crippen LogP contribution in [0.25, 0.3) is 0 Å². The average molecular weight is 508 g/mol. The summed E-state index contributed by atoms with van der Waals surface area (Å²) in [6, 6.07) is 9.56. The molecule has 0 aromatic heterocycles. The first-order chi connectivity index (χ1) is 17.4. The Morgan fingerprint density at radius 3 is 2.14 bits per heavy atom. The van der Waals surface area contributed by atoms with Gasteiger partial charge in [-0.1, -0.05) is 19.9 Å². The molecule has 0 saturated carbocycles. The Morgan fingerprint density at radius 1 is 0.919 bits per heavy atom. The molecule has 2 aromatic rings. The number of nitro benzene ring substituents is 2. The number of fused-ring (bicyclic) bond motifs is 2. The van der Waals surface area contributed by atoms with E-state index in [0.717, 1.165) is 33.9 Å². The second kappa shape index (κ2) is 9.53. The minimum atomic E-state index is -0.551. The van der Waals surface area contributed by atoms with E-state index >= 15 is 0 Å². The number of non-ortho nitro benzene ring substituents is 2. The van der Waals surface area contributed by atoms with E-state index < -0.39 is 20.7 Å². The third kappa shape index (κ3) is 4.32. The van der Waals surface area contributed by atoms with E-state index in [1.165, 1.54) is 12.1 Å². The third-order valence-electron chi connectivity index (χ3n) is 7.33. The summed E-state index contributed by atoms with van der Waals surface area (Å²) in [7, 11) is 0. The van der Waals surface area contributed by atoms with E-state index in [9.17, 15) is 30.4 Å². The van der Waals surface area contributed by atoms with Crippen molar-refractivity contribution < 1.29 is 24.6 Å². The highest BCUT2D eigenvalue weighted by atomic mass is 16.6. The highest BCUT2D eigenvalue weighted by molar-refractivity contribution is 6.03. The summed E-state index contributed by atoms with van der Waals surface area (Å²) in [5.74, 6) is 0. The van der Waals surface area contributed by atoms with Gasteiger partial charge in [-0.3, -0.25) is 20.2 Å². The standard InChI is InChI=1S/C27H31N4O6/c1-26(2)20-16-18(30(34)35)8-10-22(20)28(12-14-32)24(26)6-5-7-25-27(3,4)21-17-19(31(36)37)9-11-23(21)29(25)13-15-33/h5-11,16-17,32-33H,12-15H2,1-4H3/q+1. The normalized spacial score (nSPS) is 18.5. The van der Waals surface area contributed by atoms with Crippen LogP contribution in [0.15, 0.2) is 60.3 Å². The highest BCUT2D eigenvalue weighted by Gasteiger charge is 2.45. The summed E-state index contributed by atoms with van der Waals surface area (Å²) in [6.07, 6.45) is 5.77. The SMILES string of the molecule is CC1(C)C(=CC=CC2=[N+](CCO)c3ccc([N+](=O)[O-])cc3C2(C)C)N(CCO)c2ccc([N+](=O)[O-])cc21. The Hall–Kier alpha value is -3.89. The maximum absolute atomic E-state index is 11.4. The van der Waals surface area contributed by atoms with Crippen molar-refractivity contribution in [3.05, 3.63) is 91.7 Å². The van der Waals surface area contributed by atoms with Crippen LogP contribution in [0.4, 0.5) is 22.7 Å². The number of nitro groups is 2. The predicted molar refractivity (Wildman–Crippen MR) is 141 cm³/mol. The lowest BCUT2D eigenvalue weighted by molar-refractivity contribution is -0.441. The van der Waals surface area contributed by atoms with Crippen LogP contribution in [0, 0.1) is 20.2 Å². The summed E-state index contributed by atoms with van der Waals surface area (Å²) in [6.45, 7) is 8.47. The lowest BCUT2D eigenvalue weighted by atomic mass is 9.81. The zero-order valence-corrected chi connectivity index (χ0v) is 21.3. The van der Waals surface area contributed by atoms with E-state index in [2.05, 4.69) is 0 Å². The van der Waals surface area contributed by atoms with Crippen LogP contribution < -0.4 is 4.90 Å². The van der Waals surface area contributed by atoms with Gasteiger partial charge in [0.15, 0.2) is 12.3 Å². The number of hydrogen-bond acceptors (Lipinski definition) is 7. The van der Waals surface area contributed by atoms with E-state index in [-0.39, 0.29) is 24.6 Å². The van der Waals surface area contributed by atoms with Gasteiger partial charge >= 0.3 is 0 Å². The van der Waals surface area contributed by atoms with Gasteiger partial charge in [0.05, 0.1) is 21.9 Å². The number of benzene rings is 2. The van der Waals surface area contributed by atoms with E-state index in [1.54, 1.807) is 24.3 Å². The molecule has 10 heteroatoms. The summed E-state index contributed by atoms with van der Waals surface area (Å²) in [4.78, 5) is 23.9. The van der Waals surface area contributed by atoms with Crippen LogP contribution in [0.5, 0.6) is 0 Å². The summed E-state index contributed by atoms with van der Waals surface area (Å²) < 4.78 is 1.97.